The highest BCUT2D eigenvalue weighted by atomic mass is 35.5. The minimum absolute atomic E-state index is 0.102. The molecule has 0 aliphatic rings. The zero-order valence-electron chi connectivity index (χ0n) is 8.39. The first-order valence-corrected chi connectivity index (χ1v) is 5.20. The van der Waals surface area contributed by atoms with Crippen molar-refractivity contribution < 1.29 is 19.8 Å². The average molecular weight is 243 g/mol. The maximum absolute atomic E-state index is 11.6. The second kappa shape index (κ2) is 5.63. The molecule has 0 amide bonds. The van der Waals surface area contributed by atoms with Crippen LogP contribution in [0.4, 0.5) is 0 Å². The molecule has 1 rings (SSSR count). The molecule has 0 aliphatic carbocycles. The third-order valence-electron chi connectivity index (χ3n) is 2.11. The van der Waals surface area contributed by atoms with Crippen LogP contribution in [0.3, 0.4) is 0 Å². The van der Waals surface area contributed by atoms with Crippen molar-refractivity contribution in [2.24, 2.45) is 0 Å². The van der Waals surface area contributed by atoms with Gasteiger partial charge in [-0.1, -0.05) is 24.3 Å². The predicted octanol–water partition coefficient (Wildman–Crippen LogP) is 1.62. The molecule has 0 radical (unpaired) electrons. The standard InChI is InChI=1S/C11H11ClO4/c12-6-5-9(13)7-3-1-2-4-8(7)10(14)11(15)16/h1-4,10,14H,5-6H2,(H,15,16). The van der Waals surface area contributed by atoms with Gasteiger partial charge in [-0.15, -0.1) is 11.6 Å². The molecule has 16 heavy (non-hydrogen) atoms. The van der Waals surface area contributed by atoms with Gasteiger partial charge in [-0.25, -0.2) is 4.79 Å². The summed E-state index contributed by atoms with van der Waals surface area (Å²) >= 11 is 5.44. The van der Waals surface area contributed by atoms with Gasteiger partial charge in [0.1, 0.15) is 0 Å². The van der Waals surface area contributed by atoms with Crippen molar-refractivity contribution in [3.63, 3.8) is 0 Å². The van der Waals surface area contributed by atoms with Crippen LogP contribution in [-0.4, -0.2) is 27.8 Å². The number of halogens is 1. The smallest absolute Gasteiger partial charge is 0.337 e. The highest BCUT2D eigenvalue weighted by Crippen LogP contribution is 2.19. The third-order valence-corrected chi connectivity index (χ3v) is 2.30. The number of carbonyl (C=O) groups excluding carboxylic acids is 1. The number of hydrogen-bond donors (Lipinski definition) is 2. The van der Waals surface area contributed by atoms with Gasteiger partial charge in [0.15, 0.2) is 11.9 Å². The number of hydrogen-bond acceptors (Lipinski definition) is 3. The van der Waals surface area contributed by atoms with Crippen LogP contribution in [0.1, 0.15) is 28.4 Å². The van der Waals surface area contributed by atoms with Crippen molar-refractivity contribution in [2.75, 3.05) is 5.88 Å². The zero-order valence-corrected chi connectivity index (χ0v) is 9.15. The minimum Gasteiger partial charge on any atom is -0.479 e. The van der Waals surface area contributed by atoms with E-state index in [1.807, 2.05) is 0 Å². The van der Waals surface area contributed by atoms with E-state index in [4.69, 9.17) is 16.7 Å². The Labute approximate surface area is 97.5 Å². The lowest BCUT2D eigenvalue weighted by Crippen LogP contribution is -2.15. The van der Waals surface area contributed by atoms with Crippen LogP contribution in [0.25, 0.3) is 0 Å². The van der Waals surface area contributed by atoms with E-state index < -0.39 is 12.1 Å². The maximum atomic E-state index is 11.6. The van der Waals surface area contributed by atoms with Gasteiger partial charge in [0.2, 0.25) is 0 Å². The van der Waals surface area contributed by atoms with E-state index in [-0.39, 0.29) is 29.2 Å². The Morgan fingerprint density at radius 1 is 1.31 bits per heavy atom. The summed E-state index contributed by atoms with van der Waals surface area (Å²) in [5, 5.41) is 18.1. The fraction of sp³-hybridized carbons (Fsp3) is 0.273. The summed E-state index contributed by atoms with van der Waals surface area (Å²) in [4.78, 5) is 22.2. The van der Waals surface area contributed by atoms with Gasteiger partial charge < -0.3 is 10.2 Å². The van der Waals surface area contributed by atoms with E-state index in [0.29, 0.717) is 0 Å². The molecular weight excluding hydrogens is 232 g/mol. The van der Waals surface area contributed by atoms with Crippen molar-refractivity contribution in [1.29, 1.82) is 0 Å². The maximum Gasteiger partial charge on any atom is 0.337 e. The molecule has 0 aromatic heterocycles. The third kappa shape index (κ3) is 2.81. The van der Waals surface area contributed by atoms with Gasteiger partial charge >= 0.3 is 5.97 Å². The lowest BCUT2D eigenvalue weighted by molar-refractivity contribution is -0.146. The number of Topliss-reactive ketones (excluding diaryl/α,β-unsaturated/α-hetero) is 1. The van der Waals surface area contributed by atoms with Crippen molar-refractivity contribution >= 4 is 23.4 Å². The van der Waals surface area contributed by atoms with Gasteiger partial charge in [-0.3, -0.25) is 4.79 Å². The number of alkyl halides is 1. The van der Waals surface area contributed by atoms with E-state index in [2.05, 4.69) is 0 Å². The van der Waals surface area contributed by atoms with Crippen LogP contribution in [0, 0.1) is 0 Å². The summed E-state index contributed by atoms with van der Waals surface area (Å²) in [5.41, 5.74) is 0.308. The van der Waals surface area contributed by atoms with Gasteiger partial charge in [-0.05, 0) is 0 Å². The first-order chi connectivity index (χ1) is 7.57. The summed E-state index contributed by atoms with van der Waals surface area (Å²) in [7, 11) is 0. The van der Waals surface area contributed by atoms with Crippen LogP contribution in [0.15, 0.2) is 24.3 Å². The van der Waals surface area contributed by atoms with Gasteiger partial charge in [0, 0.05) is 23.4 Å². The largest absolute Gasteiger partial charge is 0.479 e. The molecule has 0 aliphatic heterocycles. The first kappa shape index (κ1) is 12.7. The number of aliphatic hydroxyl groups is 1. The van der Waals surface area contributed by atoms with Gasteiger partial charge in [0.05, 0.1) is 0 Å². The molecular formula is C11H11ClO4. The molecule has 1 atom stereocenters. The topological polar surface area (TPSA) is 74.6 Å². The summed E-state index contributed by atoms with van der Waals surface area (Å²) in [6.07, 6.45) is -1.57. The molecule has 0 bridgehead atoms. The van der Waals surface area contributed by atoms with Gasteiger partial charge in [0.25, 0.3) is 0 Å². The Kier molecular flexibility index (Phi) is 4.46. The number of carbonyl (C=O) groups is 2. The molecule has 1 aromatic rings. The molecule has 0 saturated heterocycles. The average Bonchev–Trinajstić information content (AvgIpc) is 2.28. The SMILES string of the molecule is O=C(CCCl)c1ccccc1C(O)C(=O)O. The fourth-order valence-electron chi connectivity index (χ4n) is 1.34. The molecule has 0 saturated carbocycles. The predicted molar refractivity (Wildman–Crippen MR) is 58.7 cm³/mol. The molecule has 0 fully saturated rings. The lowest BCUT2D eigenvalue weighted by Gasteiger charge is -2.10. The van der Waals surface area contributed by atoms with Gasteiger partial charge in [-0.2, -0.15) is 0 Å². The number of carboxylic acid groups (broad SMARTS) is 1. The Bertz CT molecular complexity index is 403. The first-order valence-electron chi connectivity index (χ1n) is 4.67. The highest BCUT2D eigenvalue weighted by Gasteiger charge is 2.21. The summed E-state index contributed by atoms with van der Waals surface area (Å²) in [5.74, 6) is -1.49. The number of carboxylic acids is 1. The minimum atomic E-state index is -1.68. The molecule has 5 heteroatoms. The highest BCUT2D eigenvalue weighted by molar-refractivity contribution is 6.19. The van der Waals surface area contributed by atoms with Crippen molar-refractivity contribution in [2.45, 2.75) is 12.5 Å². The Morgan fingerprint density at radius 3 is 2.50 bits per heavy atom. The number of ketones is 1. The molecule has 2 N–H and O–H groups in total. The molecule has 1 aromatic carbocycles. The summed E-state index contributed by atoms with van der Waals surface area (Å²) < 4.78 is 0. The second-order valence-electron chi connectivity index (χ2n) is 3.19. The van der Waals surface area contributed by atoms with Crippen molar-refractivity contribution in [1.82, 2.24) is 0 Å². The zero-order chi connectivity index (χ0) is 12.1. The number of aliphatic carboxylic acids is 1. The summed E-state index contributed by atoms with van der Waals surface area (Å²) in [6.45, 7) is 0. The lowest BCUT2D eigenvalue weighted by atomic mass is 9.98. The van der Waals surface area contributed by atoms with E-state index in [9.17, 15) is 14.7 Å². The summed E-state index contributed by atoms with van der Waals surface area (Å²) in [6, 6.07) is 6.08. The molecule has 1 unspecified atom stereocenters. The molecule has 0 spiro atoms. The van der Waals surface area contributed by atoms with Crippen molar-refractivity contribution in [3.8, 4) is 0 Å². The molecule has 0 heterocycles. The second-order valence-corrected chi connectivity index (χ2v) is 3.57. The van der Waals surface area contributed by atoms with Crippen LogP contribution in [-0.2, 0) is 4.79 Å². The fourth-order valence-corrected chi connectivity index (χ4v) is 1.51. The van der Waals surface area contributed by atoms with Crippen LogP contribution < -0.4 is 0 Å². The van der Waals surface area contributed by atoms with E-state index in [1.165, 1.54) is 12.1 Å². The normalized spacial score (nSPS) is 12.1. The number of aliphatic hydroxyl groups excluding tert-OH is 1. The van der Waals surface area contributed by atoms with Crippen LogP contribution in [0.2, 0.25) is 0 Å². The Balaban J connectivity index is 3.09. The van der Waals surface area contributed by atoms with Crippen LogP contribution in [0.5, 0.6) is 0 Å². The van der Waals surface area contributed by atoms with Crippen LogP contribution >= 0.6 is 11.6 Å². The van der Waals surface area contributed by atoms with Crippen molar-refractivity contribution in [3.05, 3.63) is 35.4 Å². The Morgan fingerprint density at radius 2 is 1.94 bits per heavy atom. The molecule has 4 nitrogen and oxygen atoms in total. The monoisotopic (exact) mass is 242 g/mol. The van der Waals surface area contributed by atoms with E-state index in [0.717, 1.165) is 0 Å². The number of rotatable bonds is 5. The van der Waals surface area contributed by atoms with E-state index in [1.54, 1.807) is 12.1 Å². The molecule has 86 valence electrons. The number of benzene rings is 1. The van der Waals surface area contributed by atoms with E-state index >= 15 is 0 Å². The quantitative estimate of drug-likeness (QED) is 0.608. The Hall–Kier alpha value is -1.39.